The van der Waals surface area contributed by atoms with E-state index in [4.69, 9.17) is 0 Å². The molecule has 0 amide bonds. The minimum atomic E-state index is 1.30. The first-order valence-corrected chi connectivity index (χ1v) is 27.6. The van der Waals surface area contributed by atoms with E-state index in [9.17, 15) is 0 Å². The second-order valence-corrected chi connectivity index (χ2v) is 14.7. The van der Waals surface area contributed by atoms with Gasteiger partial charge in [-0.05, 0) is 128 Å². The van der Waals surface area contributed by atoms with E-state index in [0.717, 1.165) is 0 Å². The third kappa shape index (κ3) is 28.0. The van der Waals surface area contributed by atoms with Gasteiger partial charge in [0.1, 0.15) is 0 Å². The number of aryl methyl sites for hydroxylation is 8. The van der Waals surface area contributed by atoms with Crippen molar-refractivity contribution in [1.82, 2.24) is 0 Å². The van der Waals surface area contributed by atoms with E-state index in [1.54, 1.807) is 0 Å². The van der Waals surface area contributed by atoms with Crippen molar-refractivity contribution in [2.24, 2.45) is 0 Å². The molecule has 8 rings (SSSR count). The van der Waals surface area contributed by atoms with E-state index >= 15 is 0 Å². The van der Waals surface area contributed by atoms with Gasteiger partial charge in [0, 0.05) is 0 Å². The van der Waals surface area contributed by atoms with E-state index < -0.39 is 0 Å². The minimum absolute atomic E-state index is 1.30. The third-order valence-electron chi connectivity index (χ3n) is 10.0. The summed E-state index contributed by atoms with van der Waals surface area (Å²) in [6.45, 7) is 49.1. The van der Waals surface area contributed by atoms with Gasteiger partial charge in [-0.3, -0.25) is 0 Å². The van der Waals surface area contributed by atoms with Gasteiger partial charge in [0.15, 0.2) is 0 Å². The second kappa shape index (κ2) is 48.4. The number of benzene rings is 8. The van der Waals surface area contributed by atoms with Crippen molar-refractivity contribution in [1.29, 1.82) is 0 Å². The smallest absolute Gasteiger partial charge is 0.0152 e. The third-order valence-corrected chi connectivity index (χ3v) is 10.0. The lowest BCUT2D eigenvalue weighted by Crippen LogP contribution is -1.85. The van der Waals surface area contributed by atoms with Crippen LogP contribution in [0.5, 0.6) is 0 Å². The lowest BCUT2D eigenvalue weighted by molar-refractivity contribution is 1.41. The minimum Gasteiger partial charge on any atom is -0.0683 e. The van der Waals surface area contributed by atoms with Crippen LogP contribution in [0.1, 0.15) is 155 Å². The van der Waals surface area contributed by atoms with Gasteiger partial charge >= 0.3 is 0 Å². The molecule has 0 N–H and O–H groups in total. The monoisotopic (exact) mass is 969 g/mol. The molecular weight excluding hydrogens is 865 g/mol. The van der Waals surface area contributed by atoms with Crippen LogP contribution in [0, 0.1) is 55.4 Å². The highest BCUT2D eigenvalue weighted by atomic mass is 14.1. The molecule has 0 unspecified atom stereocenters. The number of rotatable bonds is 4. The Morgan fingerprint density at radius 2 is 0.389 bits per heavy atom. The summed E-state index contributed by atoms with van der Waals surface area (Å²) in [6.07, 6.45) is 0. The van der Waals surface area contributed by atoms with Crippen LogP contribution < -0.4 is 0 Å². The summed E-state index contributed by atoms with van der Waals surface area (Å²) in [4.78, 5) is 0. The molecule has 0 saturated carbocycles. The standard InChI is InChI=1S/4C14H14.8C2H6/c1-11-7-3-5-9-13(11)14-10-6-4-8-12(14)2;2*1-11-6-5-8-13(10-11)14-9-4-3-7-12(14)2;1-11-7-9-13(10-8-11)14-6-4-3-5-12(14)2;8*1-2/h4*3-10H,1-2H3;8*1-2H3. The van der Waals surface area contributed by atoms with Gasteiger partial charge in [-0.1, -0.05) is 322 Å². The van der Waals surface area contributed by atoms with Crippen molar-refractivity contribution in [3.05, 3.63) is 239 Å². The van der Waals surface area contributed by atoms with Crippen molar-refractivity contribution >= 4 is 0 Å². The Morgan fingerprint density at radius 1 is 0.167 bits per heavy atom. The molecule has 0 bridgehead atoms. The molecule has 392 valence electrons. The van der Waals surface area contributed by atoms with Gasteiger partial charge in [0.2, 0.25) is 0 Å². The van der Waals surface area contributed by atoms with Crippen LogP contribution in [0.25, 0.3) is 44.5 Å². The van der Waals surface area contributed by atoms with Crippen molar-refractivity contribution < 1.29 is 0 Å². The summed E-state index contributed by atoms with van der Waals surface area (Å²) in [7, 11) is 0. The Kier molecular flexibility index (Phi) is 48.6. The first-order chi connectivity index (χ1) is 35.1. The zero-order chi connectivity index (χ0) is 55.9. The molecule has 0 saturated heterocycles. The Bertz CT molecular complexity index is 2310. The van der Waals surface area contributed by atoms with E-state index in [1.165, 1.54) is 89.0 Å². The van der Waals surface area contributed by atoms with Crippen molar-refractivity contribution in [2.45, 2.75) is 166 Å². The predicted molar refractivity (Wildman–Crippen MR) is 336 cm³/mol. The summed E-state index contributed by atoms with van der Waals surface area (Å²) < 4.78 is 0. The summed E-state index contributed by atoms with van der Waals surface area (Å²) in [5.74, 6) is 0. The van der Waals surface area contributed by atoms with Gasteiger partial charge in [-0.15, -0.1) is 0 Å². The molecule has 0 nitrogen and oxygen atoms in total. The molecule has 0 aliphatic carbocycles. The van der Waals surface area contributed by atoms with Crippen LogP contribution in [-0.2, 0) is 0 Å². The molecule has 0 aromatic heterocycles. The molecule has 72 heavy (non-hydrogen) atoms. The average Bonchev–Trinajstić information content (AvgIpc) is 3.45. The average molecular weight is 970 g/mol. The van der Waals surface area contributed by atoms with Crippen LogP contribution >= 0.6 is 0 Å². The highest BCUT2D eigenvalue weighted by Gasteiger charge is 2.04. The van der Waals surface area contributed by atoms with Crippen LogP contribution in [0.2, 0.25) is 0 Å². The maximum absolute atomic E-state index is 2.22. The molecule has 0 radical (unpaired) electrons. The quantitative estimate of drug-likeness (QED) is 0.165. The molecule has 0 fully saturated rings. The highest BCUT2D eigenvalue weighted by Crippen LogP contribution is 2.27. The zero-order valence-electron chi connectivity index (χ0n) is 50.5. The summed E-state index contributed by atoms with van der Waals surface area (Å²) in [5, 5.41) is 0. The lowest BCUT2D eigenvalue weighted by atomic mass is 9.97. The molecule has 8 aromatic carbocycles. The first-order valence-electron chi connectivity index (χ1n) is 27.6. The Hall–Kier alpha value is -6.24. The molecule has 0 aliphatic heterocycles. The number of hydrogen-bond donors (Lipinski definition) is 0. The molecule has 8 aromatic rings. The van der Waals surface area contributed by atoms with E-state index in [-0.39, 0.29) is 0 Å². The number of hydrogen-bond acceptors (Lipinski definition) is 0. The summed E-state index contributed by atoms with van der Waals surface area (Å²) >= 11 is 0. The lowest BCUT2D eigenvalue weighted by Gasteiger charge is -2.08. The van der Waals surface area contributed by atoms with E-state index in [2.05, 4.69) is 250 Å². The van der Waals surface area contributed by atoms with E-state index in [0.29, 0.717) is 0 Å². The van der Waals surface area contributed by atoms with Crippen molar-refractivity contribution in [2.75, 3.05) is 0 Å². The van der Waals surface area contributed by atoms with Crippen LogP contribution in [0.15, 0.2) is 194 Å². The largest absolute Gasteiger partial charge is 0.0683 e. The first kappa shape index (κ1) is 72.3. The van der Waals surface area contributed by atoms with Crippen LogP contribution in [-0.4, -0.2) is 0 Å². The summed E-state index contributed by atoms with van der Waals surface area (Å²) in [6, 6.07) is 68.4. The molecule has 0 atom stereocenters. The normalized spacial score (nSPS) is 8.56. The highest BCUT2D eigenvalue weighted by molar-refractivity contribution is 5.71. The molecule has 0 heterocycles. The van der Waals surface area contributed by atoms with Gasteiger partial charge in [0.25, 0.3) is 0 Å². The fourth-order valence-corrected chi connectivity index (χ4v) is 6.80. The molecule has 0 heteroatoms. The molecule has 0 aliphatic rings. The Labute approximate surface area is 447 Å². The topological polar surface area (TPSA) is 0 Å². The van der Waals surface area contributed by atoms with Crippen molar-refractivity contribution in [3.63, 3.8) is 0 Å². The fraction of sp³-hybridized carbons (Fsp3) is 0.333. The fourth-order valence-electron chi connectivity index (χ4n) is 6.80. The Balaban J connectivity index is -0.000000391. The second-order valence-electron chi connectivity index (χ2n) is 14.7. The maximum atomic E-state index is 2.22. The SMILES string of the molecule is CC.CC.CC.CC.CC.CC.CC.CC.Cc1ccc(-c2ccccc2C)cc1.Cc1cccc(-c2ccccc2C)c1.Cc1cccc(-c2ccccc2C)c1.Cc1ccccc1-c1ccccc1C. The maximum Gasteiger partial charge on any atom is -0.0152 e. The summed E-state index contributed by atoms with van der Waals surface area (Å²) in [5.41, 5.74) is 21.2. The van der Waals surface area contributed by atoms with Crippen molar-refractivity contribution in [3.8, 4) is 44.5 Å². The van der Waals surface area contributed by atoms with Gasteiger partial charge in [-0.25, -0.2) is 0 Å². The van der Waals surface area contributed by atoms with Crippen LogP contribution in [0.3, 0.4) is 0 Å². The van der Waals surface area contributed by atoms with Gasteiger partial charge in [-0.2, -0.15) is 0 Å². The molecular formula is C72H104. The Morgan fingerprint density at radius 3 is 0.625 bits per heavy atom. The van der Waals surface area contributed by atoms with E-state index in [1.807, 2.05) is 111 Å². The predicted octanol–water partition coefficient (Wildman–Crippen LogP) is 24.1. The van der Waals surface area contributed by atoms with Gasteiger partial charge < -0.3 is 0 Å². The van der Waals surface area contributed by atoms with Gasteiger partial charge in [0.05, 0.1) is 0 Å². The van der Waals surface area contributed by atoms with Crippen LogP contribution in [0.4, 0.5) is 0 Å². The zero-order valence-corrected chi connectivity index (χ0v) is 50.5. The molecule has 0 spiro atoms.